The highest BCUT2D eigenvalue weighted by Crippen LogP contribution is 2.24. The van der Waals surface area contributed by atoms with E-state index < -0.39 is 0 Å². The summed E-state index contributed by atoms with van der Waals surface area (Å²) in [4.78, 5) is 4.44. The van der Waals surface area contributed by atoms with Crippen molar-refractivity contribution in [2.45, 2.75) is 32.4 Å². The van der Waals surface area contributed by atoms with Crippen molar-refractivity contribution in [2.75, 3.05) is 31.6 Å². The number of anilines is 1. The fourth-order valence-electron chi connectivity index (χ4n) is 2.78. The first kappa shape index (κ1) is 14.3. The molecular weight excluding hydrogens is 241 g/mol. The topological polar surface area (TPSA) is 32.5 Å². The van der Waals surface area contributed by atoms with Crippen LogP contribution in [-0.2, 0) is 6.42 Å². The number of piperazine rings is 1. The average Bonchev–Trinajstić information content (AvgIpc) is 2.30. The van der Waals surface area contributed by atoms with Gasteiger partial charge in [0.2, 0.25) is 0 Å². The molecule has 0 spiro atoms. The van der Waals surface area contributed by atoms with Gasteiger partial charge >= 0.3 is 0 Å². The minimum absolute atomic E-state index is 0.0628. The van der Waals surface area contributed by atoms with Crippen molar-refractivity contribution >= 4 is 5.69 Å². The van der Waals surface area contributed by atoms with E-state index in [1.54, 1.807) is 6.07 Å². The van der Waals surface area contributed by atoms with Crippen LogP contribution in [0.1, 0.15) is 19.4 Å². The summed E-state index contributed by atoms with van der Waals surface area (Å²) in [5.74, 6) is -0.130. The summed E-state index contributed by atoms with van der Waals surface area (Å²) in [5.41, 5.74) is 7.44. The van der Waals surface area contributed by atoms with E-state index in [9.17, 15) is 4.39 Å². The fraction of sp³-hybridized carbons (Fsp3) is 0.600. The first-order chi connectivity index (χ1) is 8.97. The average molecular weight is 265 g/mol. The molecule has 0 aliphatic carbocycles. The third-order valence-electron chi connectivity index (χ3n) is 3.71. The highest BCUT2D eigenvalue weighted by atomic mass is 19.1. The molecule has 1 fully saturated rings. The van der Waals surface area contributed by atoms with E-state index in [0.29, 0.717) is 11.7 Å². The molecule has 1 heterocycles. The number of hydrogen-bond acceptors (Lipinski definition) is 3. The van der Waals surface area contributed by atoms with Gasteiger partial charge in [-0.05, 0) is 45.0 Å². The fourth-order valence-corrected chi connectivity index (χ4v) is 2.78. The Bertz CT molecular complexity index is 433. The first-order valence-corrected chi connectivity index (χ1v) is 6.96. The molecule has 2 N–H and O–H groups in total. The van der Waals surface area contributed by atoms with Gasteiger partial charge in [0.25, 0.3) is 0 Å². The Morgan fingerprint density at radius 2 is 2.16 bits per heavy atom. The molecule has 2 atom stereocenters. The standard InChI is InChI=1S/C15H24FN3/c1-11(17)8-13-4-5-15(14(16)9-13)19-7-6-18(3)10-12(19)2/h4-5,9,11-12H,6-8,10,17H2,1-3H3. The SMILES string of the molecule is CC(N)Cc1ccc(N2CCN(C)CC2C)c(F)c1. The molecule has 0 amide bonds. The highest BCUT2D eigenvalue weighted by molar-refractivity contribution is 5.50. The van der Waals surface area contributed by atoms with E-state index in [0.717, 1.165) is 31.6 Å². The van der Waals surface area contributed by atoms with E-state index in [-0.39, 0.29) is 11.9 Å². The van der Waals surface area contributed by atoms with Crippen molar-refractivity contribution in [2.24, 2.45) is 5.73 Å². The van der Waals surface area contributed by atoms with Crippen LogP contribution in [0.5, 0.6) is 0 Å². The smallest absolute Gasteiger partial charge is 0.146 e. The Hall–Kier alpha value is -1.13. The minimum Gasteiger partial charge on any atom is -0.364 e. The molecule has 2 rings (SSSR count). The van der Waals surface area contributed by atoms with Crippen LogP contribution in [0, 0.1) is 5.82 Å². The lowest BCUT2D eigenvalue weighted by atomic mass is 10.1. The molecule has 106 valence electrons. The second-order valence-corrected chi connectivity index (χ2v) is 5.77. The van der Waals surface area contributed by atoms with Gasteiger partial charge in [0.1, 0.15) is 5.82 Å². The van der Waals surface area contributed by atoms with Crippen LogP contribution in [0.4, 0.5) is 10.1 Å². The molecule has 0 saturated carbocycles. The summed E-state index contributed by atoms with van der Waals surface area (Å²) >= 11 is 0. The zero-order chi connectivity index (χ0) is 14.0. The van der Waals surface area contributed by atoms with E-state index in [1.165, 1.54) is 0 Å². The molecule has 3 nitrogen and oxygen atoms in total. The lowest BCUT2D eigenvalue weighted by Crippen LogP contribution is -2.50. The van der Waals surface area contributed by atoms with Gasteiger partial charge in [-0.15, -0.1) is 0 Å². The minimum atomic E-state index is -0.130. The van der Waals surface area contributed by atoms with Gasteiger partial charge in [-0.1, -0.05) is 6.07 Å². The lowest BCUT2D eigenvalue weighted by Gasteiger charge is -2.40. The number of hydrogen-bond donors (Lipinski definition) is 1. The number of rotatable bonds is 3. The number of nitrogens with two attached hydrogens (primary N) is 1. The zero-order valence-corrected chi connectivity index (χ0v) is 12.1. The lowest BCUT2D eigenvalue weighted by molar-refractivity contribution is 0.274. The number of benzene rings is 1. The van der Waals surface area contributed by atoms with Crippen molar-refractivity contribution in [3.05, 3.63) is 29.6 Å². The first-order valence-electron chi connectivity index (χ1n) is 6.96. The molecule has 19 heavy (non-hydrogen) atoms. The number of likely N-dealkylation sites (N-methyl/N-ethyl adjacent to an activating group) is 1. The zero-order valence-electron chi connectivity index (χ0n) is 12.1. The van der Waals surface area contributed by atoms with Crippen molar-refractivity contribution in [3.8, 4) is 0 Å². The molecule has 0 aromatic heterocycles. The van der Waals surface area contributed by atoms with Gasteiger partial charge in [-0.25, -0.2) is 4.39 Å². The molecule has 2 unspecified atom stereocenters. The Morgan fingerprint density at radius 1 is 1.42 bits per heavy atom. The second-order valence-electron chi connectivity index (χ2n) is 5.77. The summed E-state index contributed by atoms with van der Waals surface area (Å²) in [6, 6.07) is 5.92. The van der Waals surface area contributed by atoms with Crippen molar-refractivity contribution in [3.63, 3.8) is 0 Å². The van der Waals surface area contributed by atoms with E-state index in [4.69, 9.17) is 5.73 Å². The molecule has 1 aliphatic heterocycles. The van der Waals surface area contributed by atoms with Gasteiger partial charge in [0.15, 0.2) is 0 Å². The molecular formula is C15H24FN3. The van der Waals surface area contributed by atoms with Crippen molar-refractivity contribution in [1.29, 1.82) is 0 Å². The number of halogens is 1. The maximum Gasteiger partial charge on any atom is 0.146 e. The van der Waals surface area contributed by atoms with Gasteiger partial charge in [-0.2, -0.15) is 0 Å². The predicted molar refractivity (Wildman–Crippen MR) is 78.1 cm³/mol. The van der Waals surface area contributed by atoms with Gasteiger partial charge in [0, 0.05) is 31.7 Å². The van der Waals surface area contributed by atoms with Crippen LogP contribution < -0.4 is 10.6 Å². The van der Waals surface area contributed by atoms with Crippen LogP contribution in [0.15, 0.2) is 18.2 Å². The Kier molecular flexibility index (Phi) is 4.42. The summed E-state index contributed by atoms with van der Waals surface area (Å²) in [7, 11) is 2.11. The van der Waals surface area contributed by atoms with Crippen molar-refractivity contribution in [1.82, 2.24) is 4.90 Å². The largest absolute Gasteiger partial charge is 0.364 e. The van der Waals surface area contributed by atoms with E-state index in [2.05, 4.69) is 23.8 Å². The normalized spacial score (nSPS) is 22.6. The Labute approximate surface area is 115 Å². The third-order valence-corrected chi connectivity index (χ3v) is 3.71. The van der Waals surface area contributed by atoms with Gasteiger partial charge in [-0.3, -0.25) is 0 Å². The summed E-state index contributed by atoms with van der Waals surface area (Å²) in [5, 5.41) is 0. The quantitative estimate of drug-likeness (QED) is 0.905. The molecule has 1 aromatic rings. The second kappa shape index (κ2) is 5.88. The van der Waals surface area contributed by atoms with Crippen LogP contribution in [0.2, 0.25) is 0 Å². The van der Waals surface area contributed by atoms with Gasteiger partial charge in [0.05, 0.1) is 5.69 Å². The van der Waals surface area contributed by atoms with Crippen LogP contribution in [-0.4, -0.2) is 43.7 Å². The van der Waals surface area contributed by atoms with Crippen LogP contribution in [0.25, 0.3) is 0 Å². The Morgan fingerprint density at radius 3 is 2.74 bits per heavy atom. The summed E-state index contributed by atoms with van der Waals surface area (Å²) in [6.45, 7) is 6.91. The highest BCUT2D eigenvalue weighted by Gasteiger charge is 2.23. The molecule has 1 aliphatic rings. The van der Waals surface area contributed by atoms with Crippen LogP contribution in [0.3, 0.4) is 0 Å². The molecule has 4 heteroatoms. The van der Waals surface area contributed by atoms with E-state index >= 15 is 0 Å². The van der Waals surface area contributed by atoms with Crippen LogP contribution >= 0.6 is 0 Å². The maximum absolute atomic E-state index is 14.3. The monoisotopic (exact) mass is 265 g/mol. The van der Waals surface area contributed by atoms with Crippen molar-refractivity contribution < 1.29 is 4.39 Å². The summed E-state index contributed by atoms with van der Waals surface area (Å²) < 4.78 is 14.3. The summed E-state index contributed by atoms with van der Waals surface area (Å²) in [6.07, 6.45) is 0.718. The third kappa shape index (κ3) is 3.45. The Balaban J connectivity index is 2.16. The van der Waals surface area contributed by atoms with Gasteiger partial charge < -0.3 is 15.5 Å². The molecule has 0 bridgehead atoms. The maximum atomic E-state index is 14.3. The molecule has 1 saturated heterocycles. The number of nitrogens with zero attached hydrogens (tertiary/aromatic N) is 2. The predicted octanol–water partition coefficient (Wildman–Crippen LogP) is 1.86. The molecule has 0 radical (unpaired) electrons. The molecule has 1 aromatic carbocycles. The van der Waals surface area contributed by atoms with E-state index in [1.807, 2.05) is 19.1 Å².